The first kappa shape index (κ1) is 15.5. The zero-order chi connectivity index (χ0) is 13.0. The van der Waals surface area contributed by atoms with Crippen molar-refractivity contribution < 1.29 is 14.0 Å². The van der Waals surface area contributed by atoms with Crippen molar-refractivity contribution >= 4 is 14.5 Å². The van der Waals surface area contributed by atoms with Crippen LogP contribution in [0.1, 0.15) is 47.5 Å². The topological polar surface area (TPSA) is 35.5 Å². The van der Waals surface area contributed by atoms with Crippen LogP contribution in [0.4, 0.5) is 4.79 Å². The summed E-state index contributed by atoms with van der Waals surface area (Å²) in [6.07, 6.45) is 1.16. The number of rotatable bonds is 4. The number of carbonyl (C=O) groups excluding carboxylic acids is 1. The molecule has 0 unspecified atom stereocenters. The highest BCUT2D eigenvalue weighted by Crippen LogP contribution is 2.36. The fourth-order valence-electron chi connectivity index (χ4n) is 0.977. The molecule has 0 aromatic rings. The highest BCUT2D eigenvalue weighted by atomic mass is 28.4. The van der Waals surface area contributed by atoms with Crippen molar-refractivity contribution in [2.75, 3.05) is 0 Å². The van der Waals surface area contributed by atoms with Gasteiger partial charge < -0.3 is 9.16 Å². The van der Waals surface area contributed by atoms with E-state index in [9.17, 15) is 4.79 Å². The van der Waals surface area contributed by atoms with Gasteiger partial charge in [0.15, 0.2) is 0 Å². The maximum absolute atomic E-state index is 11.6. The molecule has 0 rings (SSSR count). The van der Waals surface area contributed by atoms with E-state index in [1.54, 1.807) is 0 Å². The molecule has 0 fully saturated rings. The van der Waals surface area contributed by atoms with Crippen LogP contribution in [0.2, 0.25) is 18.1 Å². The summed E-state index contributed by atoms with van der Waals surface area (Å²) in [5.74, 6) is 0. The molecule has 0 aromatic heterocycles. The predicted octanol–water partition coefficient (Wildman–Crippen LogP) is 4.33. The van der Waals surface area contributed by atoms with Gasteiger partial charge in [-0.15, -0.1) is 0 Å². The summed E-state index contributed by atoms with van der Waals surface area (Å²) in [6.45, 7) is 14.4. The van der Waals surface area contributed by atoms with Gasteiger partial charge in [-0.25, -0.2) is 4.79 Å². The third-order valence-electron chi connectivity index (χ3n) is 3.32. The maximum atomic E-state index is 11.6. The van der Waals surface area contributed by atoms with Gasteiger partial charge >= 0.3 is 6.16 Å². The van der Waals surface area contributed by atoms with E-state index in [4.69, 9.17) is 9.16 Å². The Morgan fingerprint density at radius 3 is 1.94 bits per heavy atom. The second-order valence-corrected chi connectivity index (χ2v) is 10.4. The van der Waals surface area contributed by atoms with E-state index in [1.807, 2.05) is 26.9 Å². The summed E-state index contributed by atoms with van der Waals surface area (Å²) in [5.41, 5.74) is 0. The molecule has 0 saturated carbocycles. The minimum absolute atomic E-state index is 0.0164. The molecular weight excluding hydrogens is 220 g/mol. The fraction of sp³-hybridized carbons (Fsp3) is 0.917. The quantitative estimate of drug-likeness (QED) is 0.547. The van der Waals surface area contributed by atoms with Crippen LogP contribution in [-0.4, -0.2) is 20.6 Å². The van der Waals surface area contributed by atoms with Crippen LogP contribution in [0.5, 0.6) is 0 Å². The second-order valence-electron chi connectivity index (χ2n) is 5.67. The lowest BCUT2D eigenvalue weighted by Gasteiger charge is -2.35. The zero-order valence-corrected chi connectivity index (χ0v) is 12.7. The molecule has 0 spiro atoms. The van der Waals surface area contributed by atoms with Crippen LogP contribution < -0.4 is 0 Å². The number of ether oxygens (including phenoxy) is 1. The third kappa shape index (κ3) is 4.55. The van der Waals surface area contributed by atoms with Gasteiger partial charge in [0.05, 0.1) is 0 Å². The molecule has 0 aromatic carbocycles. The molecule has 0 N–H and O–H groups in total. The SMILES string of the molecule is CCC(CC)OC(=O)O[Si](C)(C)C(C)(C)C. The first-order valence-corrected chi connectivity index (χ1v) is 8.94. The molecule has 16 heavy (non-hydrogen) atoms. The second kappa shape index (κ2) is 5.71. The number of carbonyl (C=O) groups is 1. The van der Waals surface area contributed by atoms with Crippen molar-refractivity contribution in [1.82, 2.24) is 0 Å². The molecule has 0 atom stereocenters. The average molecular weight is 246 g/mol. The van der Waals surface area contributed by atoms with Gasteiger partial charge in [0.1, 0.15) is 6.10 Å². The molecule has 0 saturated heterocycles. The van der Waals surface area contributed by atoms with E-state index >= 15 is 0 Å². The number of hydrogen-bond donors (Lipinski definition) is 0. The lowest BCUT2D eigenvalue weighted by molar-refractivity contribution is 0.0514. The van der Waals surface area contributed by atoms with Crippen molar-refractivity contribution in [3.8, 4) is 0 Å². The molecule has 96 valence electrons. The van der Waals surface area contributed by atoms with Crippen molar-refractivity contribution in [2.24, 2.45) is 0 Å². The Morgan fingerprint density at radius 1 is 1.19 bits per heavy atom. The van der Waals surface area contributed by atoms with E-state index in [-0.39, 0.29) is 11.1 Å². The Balaban J connectivity index is 4.35. The normalized spacial score (nSPS) is 12.8. The molecule has 4 heteroatoms. The Bertz CT molecular complexity index is 227. The highest BCUT2D eigenvalue weighted by Gasteiger charge is 2.41. The smallest absolute Gasteiger partial charge is 0.489 e. The standard InChI is InChI=1S/C12H26O3Si/c1-8-10(9-2)14-11(13)15-16(6,7)12(3,4)5/h10H,8-9H2,1-7H3. The minimum atomic E-state index is -2.03. The molecule has 0 radical (unpaired) electrons. The highest BCUT2D eigenvalue weighted by molar-refractivity contribution is 6.75. The van der Waals surface area contributed by atoms with Crippen LogP contribution in [-0.2, 0) is 9.16 Å². The minimum Gasteiger partial charge on any atom is -0.489 e. The van der Waals surface area contributed by atoms with Gasteiger partial charge in [-0.2, -0.15) is 0 Å². The summed E-state index contributed by atoms with van der Waals surface area (Å²) < 4.78 is 10.8. The van der Waals surface area contributed by atoms with E-state index < -0.39 is 14.5 Å². The molecule has 0 aliphatic heterocycles. The Kier molecular flexibility index (Phi) is 5.52. The van der Waals surface area contributed by atoms with Crippen LogP contribution in [0.15, 0.2) is 0 Å². The summed E-state index contributed by atoms with van der Waals surface area (Å²) in [5, 5.41) is 0.0277. The van der Waals surface area contributed by atoms with Crippen molar-refractivity contribution in [2.45, 2.75) is 71.7 Å². The molecule has 0 bridgehead atoms. The molecule has 0 aliphatic carbocycles. The average Bonchev–Trinajstić information content (AvgIpc) is 2.11. The first-order chi connectivity index (χ1) is 7.14. The van der Waals surface area contributed by atoms with E-state index in [1.165, 1.54) is 0 Å². The van der Waals surface area contributed by atoms with Gasteiger partial charge in [-0.3, -0.25) is 0 Å². The fourth-order valence-corrected chi connectivity index (χ4v) is 1.75. The van der Waals surface area contributed by atoms with Gasteiger partial charge in [0, 0.05) is 0 Å². The monoisotopic (exact) mass is 246 g/mol. The van der Waals surface area contributed by atoms with Crippen molar-refractivity contribution in [3.05, 3.63) is 0 Å². The summed E-state index contributed by atoms with van der Waals surface area (Å²) in [6, 6.07) is 0. The lowest BCUT2D eigenvalue weighted by atomic mass is 10.2. The van der Waals surface area contributed by atoms with Gasteiger partial charge in [0.25, 0.3) is 8.32 Å². The molecule has 0 amide bonds. The van der Waals surface area contributed by atoms with Gasteiger partial charge in [-0.05, 0) is 31.0 Å². The van der Waals surface area contributed by atoms with Crippen LogP contribution in [0.25, 0.3) is 0 Å². The summed E-state index contributed by atoms with van der Waals surface area (Å²) in [7, 11) is -2.03. The first-order valence-electron chi connectivity index (χ1n) is 6.03. The lowest BCUT2D eigenvalue weighted by Crippen LogP contribution is -2.43. The summed E-state index contributed by atoms with van der Waals surface area (Å²) in [4.78, 5) is 11.6. The van der Waals surface area contributed by atoms with Crippen LogP contribution in [0.3, 0.4) is 0 Å². The zero-order valence-electron chi connectivity index (χ0n) is 11.7. The summed E-state index contributed by atoms with van der Waals surface area (Å²) >= 11 is 0. The molecular formula is C12H26O3Si. The van der Waals surface area contributed by atoms with Gasteiger partial charge in [0.2, 0.25) is 0 Å². The van der Waals surface area contributed by atoms with E-state index in [2.05, 4.69) is 20.8 Å². The molecule has 3 nitrogen and oxygen atoms in total. The van der Waals surface area contributed by atoms with Crippen molar-refractivity contribution in [3.63, 3.8) is 0 Å². The Hall–Kier alpha value is -0.513. The maximum Gasteiger partial charge on any atom is 0.494 e. The van der Waals surface area contributed by atoms with Gasteiger partial charge in [-0.1, -0.05) is 34.6 Å². The van der Waals surface area contributed by atoms with E-state index in [0.717, 1.165) is 12.8 Å². The predicted molar refractivity (Wildman–Crippen MR) is 69.1 cm³/mol. The molecule has 0 aliphatic rings. The number of hydrogen-bond acceptors (Lipinski definition) is 3. The third-order valence-corrected chi connectivity index (χ3v) is 7.61. The van der Waals surface area contributed by atoms with Crippen LogP contribution >= 0.6 is 0 Å². The largest absolute Gasteiger partial charge is 0.494 e. The molecule has 0 heterocycles. The van der Waals surface area contributed by atoms with Crippen LogP contribution in [0, 0.1) is 0 Å². The van der Waals surface area contributed by atoms with E-state index in [0.29, 0.717) is 0 Å². The Labute approximate surface area is 101 Å². The van der Waals surface area contributed by atoms with Crippen molar-refractivity contribution in [1.29, 1.82) is 0 Å². The Morgan fingerprint density at radius 2 is 1.62 bits per heavy atom.